The van der Waals surface area contributed by atoms with Gasteiger partial charge >= 0.3 is 0 Å². The summed E-state index contributed by atoms with van der Waals surface area (Å²) in [4.78, 5) is 37.0. The van der Waals surface area contributed by atoms with Crippen molar-refractivity contribution in [3.05, 3.63) is 36.0 Å². The largest absolute Gasteiger partial charge is 0.343 e. The van der Waals surface area contributed by atoms with Crippen molar-refractivity contribution in [2.45, 2.75) is 32.2 Å². The van der Waals surface area contributed by atoms with Crippen LogP contribution in [0.25, 0.3) is 0 Å². The van der Waals surface area contributed by atoms with Gasteiger partial charge < -0.3 is 14.7 Å². The van der Waals surface area contributed by atoms with Gasteiger partial charge in [-0.2, -0.15) is 4.98 Å². The smallest absolute Gasteiger partial charge is 0.270 e. The van der Waals surface area contributed by atoms with E-state index in [1.807, 2.05) is 4.90 Å². The molecule has 9 nitrogen and oxygen atoms in total. The molecule has 1 saturated heterocycles. The predicted molar refractivity (Wildman–Crippen MR) is 81.7 cm³/mol. The van der Waals surface area contributed by atoms with Gasteiger partial charge in [0.1, 0.15) is 12.0 Å². The summed E-state index contributed by atoms with van der Waals surface area (Å²) in [5.74, 6) is 0.920. The first-order valence-electron chi connectivity index (χ1n) is 7.75. The average Bonchev–Trinajstić information content (AvgIpc) is 3.09. The van der Waals surface area contributed by atoms with E-state index >= 15 is 0 Å². The third kappa shape index (κ3) is 3.73. The van der Waals surface area contributed by atoms with Crippen molar-refractivity contribution < 1.29 is 14.1 Å². The highest BCUT2D eigenvalue weighted by molar-refractivity contribution is 5.91. The normalized spacial score (nSPS) is 15.3. The molecule has 1 N–H and O–H groups in total. The molecular formula is C15H18N6O3. The number of rotatable bonds is 4. The summed E-state index contributed by atoms with van der Waals surface area (Å²) in [6, 6.07) is 1.53. The van der Waals surface area contributed by atoms with E-state index < -0.39 is 0 Å². The fourth-order valence-electron chi connectivity index (χ4n) is 2.63. The molecule has 0 saturated carbocycles. The van der Waals surface area contributed by atoms with Crippen molar-refractivity contribution in [2.24, 2.45) is 0 Å². The Kier molecular flexibility index (Phi) is 4.78. The van der Waals surface area contributed by atoms with Gasteiger partial charge in [0.05, 0.1) is 6.54 Å². The van der Waals surface area contributed by atoms with Crippen LogP contribution >= 0.6 is 0 Å². The second kappa shape index (κ2) is 7.16. The molecule has 3 heterocycles. The molecule has 24 heavy (non-hydrogen) atoms. The number of piperidine rings is 1. The number of amides is 2. The van der Waals surface area contributed by atoms with E-state index in [4.69, 9.17) is 4.52 Å². The van der Waals surface area contributed by atoms with Crippen molar-refractivity contribution in [3.8, 4) is 0 Å². The topological polar surface area (TPSA) is 114 Å². The van der Waals surface area contributed by atoms with Crippen LogP contribution in [-0.2, 0) is 11.3 Å². The highest BCUT2D eigenvalue weighted by Crippen LogP contribution is 2.25. The molecule has 1 aliphatic heterocycles. The highest BCUT2D eigenvalue weighted by Gasteiger charge is 2.25. The monoisotopic (exact) mass is 330 g/mol. The first-order chi connectivity index (χ1) is 11.6. The number of hydrogen-bond acceptors (Lipinski definition) is 7. The molecule has 3 rings (SSSR count). The van der Waals surface area contributed by atoms with Crippen molar-refractivity contribution in [1.82, 2.24) is 30.3 Å². The van der Waals surface area contributed by atoms with Crippen LogP contribution in [0.4, 0.5) is 0 Å². The van der Waals surface area contributed by atoms with Crippen LogP contribution in [0.5, 0.6) is 0 Å². The number of nitrogens with zero attached hydrogens (tertiary/aromatic N) is 5. The van der Waals surface area contributed by atoms with Crippen molar-refractivity contribution in [1.29, 1.82) is 0 Å². The lowest BCUT2D eigenvalue weighted by Gasteiger charge is -2.29. The summed E-state index contributed by atoms with van der Waals surface area (Å²) >= 11 is 0. The molecule has 0 unspecified atom stereocenters. The number of aromatic nitrogens is 4. The minimum Gasteiger partial charge on any atom is -0.343 e. The molecule has 2 aromatic heterocycles. The van der Waals surface area contributed by atoms with E-state index in [0.29, 0.717) is 24.8 Å². The van der Waals surface area contributed by atoms with Crippen LogP contribution in [-0.4, -0.2) is 49.9 Å². The van der Waals surface area contributed by atoms with E-state index in [9.17, 15) is 9.59 Å². The number of nitrogens with one attached hydrogen (secondary N) is 1. The quantitative estimate of drug-likeness (QED) is 0.869. The maximum Gasteiger partial charge on any atom is 0.270 e. The SMILES string of the molecule is CC(=O)N1CCC(c2noc(CNC(=O)c3ccncn3)n2)CC1. The number of likely N-dealkylation sites (tertiary alicyclic amines) is 1. The Bertz CT molecular complexity index is 709. The van der Waals surface area contributed by atoms with Gasteiger partial charge in [-0.15, -0.1) is 0 Å². The van der Waals surface area contributed by atoms with Gasteiger partial charge in [0.15, 0.2) is 5.82 Å². The molecule has 0 atom stereocenters. The van der Waals surface area contributed by atoms with Gasteiger partial charge in [-0.3, -0.25) is 9.59 Å². The minimum absolute atomic E-state index is 0.0923. The van der Waals surface area contributed by atoms with Crippen LogP contribution in [0.1, 0.15) is 47.9 Å². The summed E-state index contributed by atoms with van der Waals surface area (Å²) in [5, 5.41) is 6.67. The third-order valence-corrected chi connectivity index (χ3v) is 4.00. The fraction of sp³-hybridized carbons (Fsp3) is 0.467. The minimum atomic E-state index is -0.327. The Hall–Kier alpha value is -2.84. The van der Waals surface area contributed by atoms with Gasteiger partial charge in [-0.25, -0.2) is 9.97 Å². The standard InChI is InChI=1S/C15H18N6O3/c1-10(22)21-6-3-11(4-7-21)14-19-13(24-20-14)8-17-15(23)12-2-5-16-9-18-12/h2,5,9,11H,3-4,6-8H2,1H3,(H,17,23). The average molecular weight is 330 g/mol. The van der Waals surface area contributed by atoms with E-state index in [-0.39, 0.29) is 30.0 Å². The molecule has 1 aliphatic rings. The highest BCUT2D eigenvalue weighted by atomic mass is 16.5. The maximum absolute atomic E-state index is 11.9. The number of hydrogen-bond donors (Lipinski definition) is 1. The van der Waals surface area contributed by atoms with Gasteiger partial charge in [0.25, 0.3) is 5.91 Å². The third-order valence-electron chi connectivity index (χ3n) is 4.00. The van der Waals surface area contributed by atoms with Crippen LogP contribution in [0.3, 0.4) is 0 Å². The van der Waals surface area contributed by atoms with Crippen molar-refractivity contribution in [2.75, 3.05) is 13.1 Å². The molecule has 2 amide bonds. The first-order valence-corrected chi connectivity index (χ1v) is 7.75. The predicted octanol–water partition coefficient (Wildman–Crippen LogP) is 0.515. The molecule has 0 radical (unpaired) electrons. The second-order valence-corrected chi connectivity index (χ2v) is 5.60. The van der Waals surface area contributed by atoms with Crippen LogP contribution in [0, 0.1) is 0 Å². The Morgan fingerprint density at radius 1 is 1.38 bits per heavy atom. The zero-order valence-corrected chi connectivity index (χ0v) is 13.3. The van der Waals surface area contributed by atoms with E-state index in [1.165, 1.54) is 18.6 Å². The van der Waals surface area contributed by atoms with Crippen LogP contribution < -0.4 is 5.32 Å². The van der Waals surface area contributed by atoms with Crippen molar-refractivity contribution >= 4 is 11.8 Å². The van der Waals surface area contributed by atoms with E-state index in [1.54, 1.807) is 6.92 Å². The van der Waals surface area contributed by atoms with Crippen LogP contribution in [0.15, 0.2) is 23.1 Å². The molecule has 1 fully saturated rings. The van der Waals surface area contributed by atoms with Gasteiger partial charge in [-0.05, 0) is 18.9 Å². The Morgan fingerprint density at radius 2 is 2.17 bits per heavy atom. The molecule has 2 aromatic rings. The summed E-state index contributed by atoms with van der Waals surface area (Å²) in [7, 11) is 0. The molecule has 126 valence electrons. The second-order valence-electron chi connectivity index (χ2n) is 5.60. The number of carbonyl (C=O) groups excluding carboxylic acids is 2. The lowest BCUT2D eigenvalue weighted by Crippen LogP contribution is -2.36. The first kappa shape index (κ1) is 16.0. The van der Waals surface area contributed by atoms with Gasteiger partial charge in [-0.1, -0.05) is 5.16 Å². The zero-order chi connectivity index (χ0) is 16.9. The Labute approximate surface area is 138 Å². The molecule has 0 spiro atoms. The lowest BCUT2D eigenvalue weighted by atomic mass is 9.96. The summed E-state index contributed by atoms with van der Waals surface area (Å²) in [6.45, 7) is 3.12. The van der Waals surface area contributed by atoms with E-state index in [2.05, 4.69) is 25.4 Å². The maximum atomic E-state index is 11.9. The summed E-state index contributed by atoms with van der Waals surface area (Å²) in [5.41, 5.74) is 0.279. The molecule has 0 bridgehead atoms. The Balaban J connectivity index is 1.53. The fourth-order valence-corrected chi connectivity index (χ4v) is 2.63. The molecule has 0 aliphatic carbocycles. The summed E-state index contributed by atoms with van der Waals surface area (Å²) in [6.07, 6.45) is 4.44. The molecule has 0 aromatic carbocycles. The summed E-state index contributed by atoms with van der Waals surface area (Å²) < 4.78 is 5.19. The van der Waals surface area contributed by atoms with Crippen molar-refractivity contribution in [3.63, 3.8) is 0 Å². The van der Waals surface area contributed by atoms with Gasteiger partial charge in [0, 0.05) is 32.1 Å². The molecule has 9 heteroatoms. The zero-order valence-electron chi connectivity index (χ0n) is 13.3. The lowest BCUT2D eigenvalue weighted by molar-refractivity contribution is -0.129. The van der Waals surface area contributed by atoms with Gasteiger partial charge in [0.2, 0.25) is 11.8 Å². The van der Waals surface area contributed by atoms with E-state index in [0.717, 1.165) is 12.8 Å². The van der Waals surface area contributed by atoms with Crippen LogP contribution in [0.2, 0.25) is 0 Å². The number of carbonyl (C=O) groups is 2. The Morgan fingerprint density at radius 3 is 2.83 bits per heavy atom. The molecular weight excluding hydrogens is 312 g/mol.